The number of rotatable bonds is 0. The summed E-state index contributed by atoms with van der Waals surface area (Å²) in [6.07, 6.45) is -1.81. The van der Waals surface area contributed by atoms with Crippen molar-refractivity contribution in [3.8, 4) is 0 Å². The minimum absolute atomic E-state index is 0.315. The molecule has 1 aliphatic heterocycles. The maximum absolute atomic E-state index is 11.6. The summed E-state index contributed by atoms with van der Waals surface area (Å²) in [6, 6.07) is 5.43. The number of fused-ring (bicyclic) bond motifs is 1. The molecule has 1 aromatic carbocycles. The molecule has 13 heavy (non-hydrogen) atoms. The lowest BCUT2D eigenvalue weighted by molar-refractivity contribution is -0.118. The van der Waals surface area contributed by atoms with E-state index in [-0.39, 0.29) is 5.91 Å². The van der Waals surface area contributed by atoms with Gasteiger partial charge in [0.15, 0.2) is 0 Å². The van der Waals surface area contributed by atoms with Crippen LogP contribution in [0.5, 0.6) is 0 Å². The molecule has 0 bridgehead atoms. The van der Waals surface area contributed by atoms with Crippen molar-refractivity contribution in [1.82, 2.24) is 0 Å². The third kappa shape index (κ3) is 1.48. The van der Waals surface area contributed by atoms with E-state index in [1.54, 1.807) is 19.2 Å². The van der Waals surface area contributed by atoms with Crippen LogP contribution in [0.25, 0.3) is 0 Å². The highest BCUT2D eigenvalue weighted by Crippen LogP contribution is 2.28. The Balaban J connectivity index is 2.58. The number of amides is 1. The number of carbonyl (C=O) groups excluding carboxylic acids is 1. The average Bonchev–Trinajstić information content (AvgIpc) is 2.23. The number of halogens is 1. The van der Waals surface area contributed by atoms with Gasteiger partial charge >= 0.3 is 0 Å². The van der Waals surface area contributed by atoms with Gasteiger partial charge < -0.3 is 4.90 Å². The zero-order valence-corrected chi connectivity index (χ0v) is 8.71. The van der Waals surface area contributed by atoms with Crippen LogP contribution in [-0.2, 0) is 11.2 Å². The predicted octanol–water partition coefficient (Wildman–Crippen LogP) is 2.36. The number of aryl methyl sites for hydroxylation is 1. The molecule has 0 aliphatic carbocycles. The van der Waals surface area contributed by atoms with Crippen molar-refractivity contribution in [2.75, 3.05) is 11.9 Å². The quantitative estimate of drug-likeness (QED) is 0.683. The van der Waals surface area contributed by atoms with Crippen LogP contribution in [0.2, 0.25) is 0 Å². The summed E-state index contributed by atoms with van der Waals surface area (Å²) in [5, 5.41) is 0. The van der Waals surface area contributed by atoms with Gasteiger partial charge in [-0.3, -0.25) is 4.79 Å². The normalized spacial score (nSPS) is 29.4. The van der Waals surface area contributed by atoms with Crippen molar-refractivity contribution in [1.29, 1.82) is 0 Å². The Labute approximate surface area is 88.5 Å². The van der Waals surface area contributed by atoms with E-state index in [0.29, 0.717) is 0 Å². The monoisotopic (exact) mass is 241 g/mol. The van der Waals surface area contributed by atoms with Gasteiger partial charge in [0.2, 0.25) is 5.91 Å². The molecule has 1 amide bonds. The molecule has 0 fully saturated rings. The minimum Gasteiger partial charge on any atom is -0.315 e. The van der Waals surface area contributed by atoms with Crippen LogP contribution in [0.3, 0.4) is 0 Å². The molecule has 3 heteroatoms. The molecule has 1 aliphatic rings. The molecule has 1 heterocycles. The van der Waals surface area contributed by atoms with Gasteiger partial charge in [0.1, 0.15) is 0 Å². The molecule has 2 rings (SSSR count). The third-order valence-electron chi connectivity index (χ3n) is 2.09. The number of anilines is 1. The zero-order valence-electron chi connectivity index (χ0n) is 9.12. The standard InChI is InChI=1S/C10H10BrNO/c1-12-9-4-3-8(11)6-7(9)2-5-10(12)13/h3-4,6H,2,5H2,1H3/i2D,5D. The Morgan fingerprint density at radius 1 is 1.54 bits per heavy atom. The number of nitrogens with zero attached hydrogens (tertiary/aromatic N) is 1. The van der Waals surface area contributed by atoms with Crippen molar-refractivity contribution in [2.24, 2.45) is 0 Å². The summed E-state index contributed by atoms with van der Waals surface area (Å²) in [5.41, 5.74) is 1.46. The highest BCUT2D eigenvalue weighted by Gasteiger charge is 2.20. The smallest absolute Gasteiger partial charge is 0.227 e. The van der Waals surface area contributed by atoms with Crippen molar-refractivity contribution < 1.29 is 7.54 Å². The van der Waals surface area contributed by atoms with Gasteiger partial charge in [-0.25, -0.2) is 0 Å². The van der Waals surface area contributed by atoms with Gasteiger partial charge in [0, 0.05) is 26.3 Å². The number of carbonyl (C=O) groups is 1. The van der Waals surface area contributed by atoms with E-state index >= 15 is 0 Å². The summed E-state index contributed by atoms with van der Waals surface area (Å²) in [6.45, 7) is 0. The SMILES string of the molecule is [2H]C1C(=O)N(C)c2ccc(Br)cc2C1[2H]. The second kappa shape index (κ2) is 3.14. The Hall–Kier alpha value is -0.830. The van der Waals surface area contributed by atoms with Gasteiger partial charge in [0.05, 0.1) is 0 Å². The maximum atomic E-state index is 11.6. The first-order chi connectivity index (χ1) is 7.02. The molecular weight excluding hydrogens is 230 g/mol. The van der Waals surface area contributed by atoms with E-state index in [4.69, 9.17) is 2.74 Å². The first-order valence-corrected chi connectivity index (χ1v) is 4.73. The molecule has 0 saturated carbocycles. The summed E-state index contributed by atoms with van der Waals surface area (Å²) in [5.74, 6) is -0.315. The number of hydrogen-bond donors (Lipinski definition) is 0. The van der Waals surface area contributed by atoms with Crippen molar-refractivity contribution in [2.45, 2.75) is 12.8 Å². The molecule has 0 saturated heterocycles. The second-order valence-corrected chi connectivity index (χ2v) is 3.85. The van der Waals surface area contributed by atoms with Crippen LogP contribution in [0.15, 0.2) is 22.7 Å². The molecular formula is C10H10BrNO. The lowest BCUT2D eigenvalue weighted by Crippen LogP contribution is -2.30. The summed E-state index contributed by atoms with van der Waals surface area (Å²) >= 11 is 3.32. The molecule has 2 atom stereocenters. The fourth-order valence-electron chi connectivity index (χ4n) is 1.36. The first-order valence-electron chi connectivity index (χ1n) is 5.09. The Kier molecular flexibility index (Phi) is 1.60. The van der Waals surface area contributed by atoms with Gasteiger partial charge in [-0.15, -0.1) is 0 Å². The van der Waals surface area contributed by atoms with E-state index in [0.717, 1.165) is 15.7 Å². The molecule has 0 spiro atoms. The van der Waals surface area contributed by atoms with E-state index in [1.807, 2.05) is 6.07 Å². The molecule has 0 aromatic heterocycles. The van der Waals surface area contributed by atoms with E-state index in [2.05, 4.69) is 15.9 Å². The lowest BCUT2D eigenvalue weighted by atomic mass is 10.0. The summed E-state index contributed by atoms with van der Waals surface area (Å²) in [4.78, 5) is 13.0. The molecule has 0 radical (unpaired) electrons. The fraction of sp³-hybridized carbons (Fsp3) is 0.300. The third-order valence-corrected chi connectivity index (χ3v) is 2.58. The number of hydrogen-bond acceptors (Lipinski definition) is 1. The first kappa shape index (κ1) is 6.60. The lowest BCUT2D eigenvalue weighted by Gasteiger charge is -2.25. The maximum Gasteiger partial charge on any atom is 0.227 e. The van der Waals surface area contributed by atoms with Crippen LogP contribution < -0.4 is 4.90 Å². The van der Waals surface area contributed by atoms with E-state index in [9.17, 15) is 4.79 Å². The van der Waals surface area contributed by atoms with Crippen molar-refractivity contribution in [3.05, 3.63) is 28.2 Å². The van der Waals surface area contributed by atoms with Gasteiger partial charge in [-0.05, 0) is 30.2 Å². The highest BCUT2D eigenvalue weighted by atomic mass is 79.9. The predicted molar refractivity (Wildman–Crippen MR) is 55.9 cm³/mol. The molecule has 0 N–H and O–H groups in total. The molecule has 2 nitrogen and oxygen atoms in total. The van der Waals surface area contributed by atoms with Crippen LogP contribution in [0.4, 0.5) is 5.69 Å². The molecule has 2 unspecified atom stereocenters. The second-order valence-electron chi connectivity index (χ2n) is 2.93. The number of benzene rings is 1. The van der Waals surface area contributed by atoms with Crippen LogP contribution in [-0.4, -0.2) is 13.0 Å². The van der Waals surface area contributed by atoms with E-state index in [1.165, 1.54) is 4.90 Å². The average molecular weight is 242 g/mol. The van der Waals surface area contributed by atoms with Crippen LogP contribution in [0.1, 0.15) is 14.7 Å². The zero-order chi connectivity index (χ0) is 11.2. The fourth-order valence-corrected chi connectivity index (χ4v) is 1.73. The molecule has 68 valence electrons. The van der Waals surface area contributed by atoms with Gasteiger partial charge in [0.25, 0.3) is 0 Å². The van der Waals surface area contributed by atoms with Crippen molar-refractivity contribution in [3.63, 3.8) is 0 Å². The molecule has 1 aromatic rings. The summed E-state index contributed by atoms with van der Waals surface area (Å²) < 4.78 is 16.3. The highest BCUT2D eigenvalue weighted by molar-refractivity contribution is 9.10. The Bertz CT molecular complexity index is 424. The van der Waals surface area contributed by atoms with Crippen LogP contribution in [0, 0.1) is 0 Å². The Morgan fingerprint density at radius 2 is 2.31 bits per heavy atom. The Morgan fingerprint density at radius 3 is 3.08 bits per heavy atom. The topological polar surface area (TPSA) is 20.3 Å². The van der Waals surface area contributed by atoms with E-state index < -0.39 is 12.8 Å². The van der Waals surface area contributed by atoms with Crippen LogP contribution >= 0.6 is 15.9 Å². The minimum atomic E-state index is -1.02. The van der Waals surface area contributed by atoms with Gasteiger partial charge in [-0.1, -0.05) is 15.9 Å². The summed E-state index contributed by atoms with van der Waals surface area (Å²) in [7, 11) is 1.64. The largest absolute Gasteiger partial charge is 0.315 e. The van der Waals surface area contributed by atoms with Gasteiger partial charge in [-0.2, -0.15) is 0 Å². The van der Waals surface area contributed by atoms with Crippen molar-refractivity contribution >= 4 is 27.5 Å².